The number of carbonyl (C=O) groups excluding carboxylic acids is 1. The summed E-state index contributed by atoms with van der Waals surface area (Å²) in [4.78, 5) is 12.5. The van der Waals surface area contributed by atoms with E-state index in [1.165, 1.54) is 28.6 Å². The topological polar surface area (TPSA) is 95.9 Å². The van der Waals surface area contributed by atoms with Crippen molar-refractivity contribution in [1.29, 1.82) is 0 Å². The van der Waals surface area contributed by atoms with Crippen molar-refractivity contribution in [1.82, 2.24) is 9.62 Å². The number of ether oxygens (including phenoxy) is 1. The highest BCUT2D eigenvalue weighted by Gasteiger charge is 2.32. The van der Waals surface area contributed by atoms with Crippen molar-refractivity contribution < 1.29 is 23.1 Å². The Balaban J connectivity index is 1.64. The van der Waals surface area contributed by atoms with Gasteiger partial charge in [-0.25, -0.2) is 8.42 Å². The van der Waals surface area contributed by atoms with E-state index in [9.17, 15) is 18.3 Å². The summed E-state index contributed by atoms with van der Waals surface area (Å²) in [6.45, 7) is 4.34. The number of rotatable bonds is 6. The van der Waals surface area contributed by atoms with Gasteiger partial charge in [0.25, 0.3) is 5.91 Å². The second-order valence-electron chi connectivity index (χ2n) is 7.24. The van der Waals surface area contributed by atoms with E-state index in [1.54, 1.807) is 12.1 Å². The Morgan fingerprint density at radius 1 is 1.10 bits per heavy atom. The van der Waals surface area contributed by atoms with E-state index in [1.807, 2.05) is 32.0 Å². The summed E-state index contributed by atoms with van der Waals surface area (Å²) in [5.41, 5.74) is 1.04. The Morgan fingerprint density at radius 3 is 2.28 bits per heavy atom. The van der Waals surface area contributed by atoms with Crippen molar-refractivity contribution in [3.63, 3.8) is 0 Å². The van der Waals surface area contributed by atoms with Gasteiger partial charge in [-0.2, -0.15) is 4.31 Å². The van der Waals surface area contributed by atoms with Gasteiger partial charge in [0, 0.05) is 25.2 Å². The normalized spacial score (nSPS) is 21.5. The van der Waals surface area contributed by atoms with Crippen LogP contribution < -0.4 is 5.32 Å². The second kappa shape index (κ2) is 9.04. The molecule has 7 nitrogen and oxygen atoms in total. The third kappa shape index (κ3) is 5.22. The van der Waals surface area contributed by atoms with Crippen molar-refractivity contribution in [2.75, 3.05) is 19.6 Å². The number of morpholine rings is 1. The molecule has 0 bridgehead atoms. The predicted molar refractivity (Wildman–Crippen MR) is 109 cm³/mol. The molecule has 0 aliphatic carbocycles. The van der Waals surface area contributed by atoms with E-state index in [4.69, 9.17) is 4.74 Å². The molecule has 2 aromatic carbocycles. The zero-order chi connectivity index (χ0) is 21.0. The lowest BCUT2D eigenvalue weighted by atomic mass is 10.1. The molecule has 1 aliphatic heterocycles. The lowest BCUT2D eigenvalue weighted by Gasteiger charge is -2.34. The molecular weight excluding hydrogens is 392 g/mol. The number of aliphatic hydroxyl groups excluding tert-OH is 1. The van der Waals surface area contributed by atoms with Crippen LogP contribution in [0.5, 0.6) is 0 Å². The van der Waals surface area contributed by atoms with Gasteiger partial charge >= 0.3 is 0 Å². The smallest absolute Gasteiger partial charge is 0.251 e. The van der Waals surface area contributed by atoms with Crippen molar-refractivity contribution >= 4 is 15.9 Å². The number of nitrogens with one attached hydrogen (secondary N) is 1. The zero-order valence-electron chi connectivity index (χ0n) is 16.5. The molecule has 3 atom stereocenters. The van der Waals surface area contributed by atoms with Gasteiger partial charge in [-0.05, 0) is 43.7 Å². The Kier molecular flexibility index (Phi) is 6.69. The Hall–Kier alpha value is -2.26. The highest BCUT2D eigenvalue weighted by Crippen LogP contribution is 2.21. The maximum atomic E-state index is 12.9. The Morgan fingerprint density at radius 2 is 1.69 bits per heavy atom. The summed E-state index contributed by atoms with van der Waals surface area (Å²) >= 11 is 0. The molecule has 1 saturated heterocycles. The Labute approximate surface area is 171 Å². The molecule has 0 spiro atoms. The predicted octanol–water partition coefficient (Wildman–Crippen LogP) is 1.95. The minimum atomic E-state index is -3.65. The second-order valence-corrected chi connectivity index (χ2v) is 9.18. The maximum Gasteiger partial charge on any atom is 0.251 e. The molecule has 3 rings (SSSR count). The summed E-state index contributed by atoms with van der Waals surface area (Å²) in [7, 11) is -3.65. The fourth-order valence-electron chi connectivity index (χ4n) is 3.34. The third-order valence-corrected chi connectivity index (χ3v) is 6.63. The zero-order valence-corrected chi connectivity index (χ0v) is 17.3. The number of aliphatic hydroxyl groups is 1. The van der Waals surface area contributed by atoms with E-state index < -0.39 is 16.1 Å². The van der Waals surface area contributed by atoms with Crippen molar-refractivity contribution in [2.45, 2.75) is 37.1 Å². The minimum absolute atomic E-state index is 0.0620. The highest BCUT2D eigenvalue weighted by molar-refractivity contribution is 7.89. The number of hydrogen-bond acceptors (Lipinski definition) is 5. The van der Waals surface area contributed by atoms with Crippen LogP contribution in [-0.2, 0) is 14.8 Å². The van der Waals surface area contributed by atoms with Crippen molar-refractivity contribution in [2.24, 2.45) is 0 Å². The quantitative estimate of drug-likeness (QED) is 0.748. The molecule has 2 N–H and O–H groups in total. The fourth-order valence-corrected chi connectivity index (χ4v) is 4.93. The standard InChI is InChI=1S/C21H26N2O5S/c1-15-13-23(14-16(2)28-15)29(26,27)19-10-8-18(9-11-19)21(25)22-12-20(24)17-6-4-3-5-7-17/h3-11,15-16,20,24H,12-14H2,1-2H3,(H,22,25). The number of sulfonamides is 1. The van der Waals surface area contributed by atoms with Crippen molar-refractivity contribution in [3.05, 3.63) is 65.7 Å². The van der Waals surface area contributed by atoms with Crippen LogP contribution in [0.25, 0.3) is 0 Å². The van der Waals surface area contributed by atoms with Crippen LogP contribution in [0.15, 0.2) is 59.5 Å². The largest absolute Gasteiger partial charge is 0.387 e. The lowest BCUT2D eigenvalue weighted by molar-refractivity contribution is -0.0440. The molecule has 8 heteroatoms. The van der Waals surface area contributed by atoms with Crippen LogP contribution in [0.3, 0.4) is 0 Å². The van der Waals surface area contributed by atoms with Gasteiger partial charge in [-0.1, -0.05) is 30.3 Å². The Bertz CT molecular complexity index is 921. The third-order valence-electron chi connectivity index (χ3n) is 4.78. The van der Waals surface area contributed by atoms with Crippen LogP contribution in [0.4, 0.5) is 0 Å². The molecule has 1 heterocycles. The monoisotopic (exact) mass is 418 g/mol. The lowest BCUT2D eigenvalue weighted by Crippen LogP contribution is -2.48. The van der Waals surface area contributed by atoms with Gasteiger partial charge in [0.15, 0.2) is 0 Å². The molecule has 1 amide bonds. The summed E-state index contributed by atoms with van der Waals surface area (Å²) in [6, 6.07) is 14.9. The van der Waals surface area contributed by atoms with Crippen LogP contribution in [0.2, 0.25) is 0 Å². The summed E-state index contributed by atoms with van der Waals surface area (Å²) in [5.74, 6) is -0.377. The van der Waals surface area contributed by atoms with E-state index in [0.29, 0.717) is 24.2 Å². The first-order valence-electron chi connectivity index (χ1n) is 9.54. The highest BCUT2D eigenvalue weighted by atomic mass is 32.2. The molecular formula is C21H26N2O5S. The van der Waals surface area contributed by atoms with Crippen LogP contribution in [0.1, 0.15) is 35.9 Å². The van der Waals surface area contributed by atoms with Crippen LogP contribution in [-0.4, -0.2) is 55.6 Å². The van der Waals surface area contributed by atoms with Gasteiger partial charge in [-0.3, -0.25) is 4.79 Å². The number of benzene rings is 2. The number of nitrogens with zero attached hydrogens (tertiary/aromatic N) is 1. The maximum absolute atomic E-state index is 12.9. The first-order chi connectivity index (χ1) is 13.8. The van der Waals surface area contributed by atoms with Gasteiger partial charge in [0.1, 0.15) is 0 Å². The van der Waals surface area contributed by atoms with Gasteiger partial charge < -0.3 is 15.2 Å². The van der Waals surface area contributed by atoms with E-state index >= 15 is 0 Å². The van der Waals surface area contributed by atoms with Gasteiger partial charge in [0.05, 0.1) is 23.2 Å². The molecule has 0 saturated carbocycles. The fraction of sp³-hybridized carbons (Fsp3) is 0.381. The average Bonchev–Trinajstić information content (AvgIpc) is 2.71. The molecule has 1 fully saturated rings. The van der Waals surface area contributed by atoms with Gasteiger partial charge in [0.2, 0.25) is 10.0 Å². The first-order valence-corrected chi connectivity index (χ1v) is 11.0. The van der Waals surface area contributed by atoms with Crippen LogP contribution >= 0.6 is 0 Å². The molecule has 0 aromatic heterocycles. The number of carbonyl (C=O) groups is 1. The van der Waals surface area contributed by atoms with Crippen LogP contribution in [0, 0.1) is 0 Å². The summed E-state index contributed by atoms with van der Waals surface area (Å²) in [5, 5.41) is 12.8. The molecule has 0 radical (unpaired) electrons. The molecule has 3 unspecified atom stereocenters. The van der Waals surface area contributed by atoms with E-state index in [0.717, 1.165) is 0 Å². The van der Waals surface area contributed by atoms with Gasteiger partial charge in [-0.15, -0.1) is 0 Å². The number of hydrogen-bond donors (Lipinski definition) is 2. The molecule has 156 valence electrons. The molecule has 1 aliphatic rings. The number of amides is 1. The minimum Gasteiger partial charge on any atom is -0.387 e. The van der Waals surface area contributed by atoms with E-state index in [-0.39, 0.29) is 29.6 Å². The van der Waals surface area contributed by atoms with Crippen molar-refractivity contribution in [3.8, 4) is 0 Å². The average molecular weight is 419 g/mol. The molecule has 2 aromatic rings. The SMILES string of the molecule is CC1CN(S(=O)(=O)c2ccc(C(=O)NCC(O)c3ccccc3)cc2)CC(C)O1. The summed E-state index contributed by atoms with van der Waals surface area (Å²) in [6.07, 6.45) is -1.16. The molecule has 29 heavy (non-hydrogen) atoms. The summed E-state index contributed by atoms with van der Waals surface area (Å²) < 4.78 is 32.7. The first kappa shape index (κ1) is 21.4. The van der Waals surface area contributed by atoms with E-state index in [2.05, 4.69) is 5.32 Å².